The van der Waals surface area contributed by atoms with Crippen molar-refractivity contribution in [3.63, 3.8) is 0 Å². The monoisotopic (exact) mass is 430 g/mol. The molecule has 0 aliphatic rings. The molecular weight excluding hydrogens is 418 g/mol. The molecule has 0 radical (unpaired) electrons. The number of nitrogens with zero attached hydrogens (tertiary/aromatic N) is 3. The summed E-state index contributed by atoms with van der Waals surface area (Å²) in [7, 11) is 1.32. The largest absolute Gasteiger partial charge is 0.480 e. The second-order valence-electron chi connectivity index (χ2n) is 5.88. The maximum atomic E-state index is 13.1. The van der Waals surface area contributed by atoms with Gasteiger partial charge in [0.15, 0.2) is 5.69 Å². The second kappa shape index (κ2) is 7.69. The summed E-state index contributed by atoms with van der Waals surface area (Å²) in [6.45, 7) is 0. The Morgan fingerprint density at radius 3 is 2.27 bits per heavy atom. The summed E-state index contributed by atoms with van der Waals surface area (Å²) in [6.07, 6.45) is -8.68. The number of carbonyl (C=O) groups excluding carboxylic acids is 1. The molecule has 12 heteroatoms. The normalized spacial score (nSPS) is 12.0. The standard InChI is InChI=1S/C18H12F6N4O2/c1-30-16-12(3-2-8-25-16)15(29)26-10-4-6-11(7-5-10)28-14(18(22,23)24)9-13(27-28)17(19,20)21/h2-9H,1H3,(H,26,29). The number of alkyl halides is 6. The first-order valence-corrected chi connectivity index (χ1v) is 8.16. The van der Waals surface area contributed by atoms with E-state index in [0.717, 1.165) is 12.1 Å². The molecule has 0 fully saturated rings. The van der Waals surface area contributed by atoms with Gasteiger partial charge < -0.3 is 10.1 Å². The fraction of sp³-hybridized carbons (Fsp3) is 0.167. The number of amides is 1. The fourth-order valence-corrected chi connectivity index (χ4v) is 2.53. The van der Waals surface area contributed by atoms with Crippen molar-refractivity contribution in [2.75, 3.05) is 12.4 Å². The molecule has 1 amide bonds. The molecule has 2 aromatic heterocycles. The smallest absolute Gasteiger partial charge is 0.435 e. The van der Waals surface area contributed by atoms with Crippen LogP contribution in [0.5, 0.6) is 5.88 Å². The van der Waals surface area contributed by atoms with Gasteiger partial charge in [0.1, 0.15) is 11.3 Å². The van der Waals surface area contributed by atoms with Crippen LogP contribution in [0.3, 0.4) is 0 Å². The van der Waals surface area contributed by atoms with Gasteiger partial charge in [-0.05, 0) is 36.4 Å². The molecule has 1 aromatic carbocycles. The lowest BCUT2D eigenvalue weighted by Gasteiger charge is -2.11. The zero-order chi connectivity index (χ0) is 22.1. The molecule has 158 valence electrons. The molecule has 1 N–H and O–H groups in total. The topological polar surface area (TPSA) is 69.0 Å². The molecular formula is C18H12F6N4O2. The minimum absolute atomic E-state index is 0.0651. The third-order valence-corrected chi connectivity index (χ3v) is 3.87. The number of carbonyl (C=O) groups is 1. The summed E-state index contributed by atoms with van der Waals surface area (Å²) in [5, 5.41) is 5.53. The maximum Gasteiger partial charge on any atom is 0.435 e. The van der Waals surface area contributed by atoms with E-state index in [2.05, 4.69) is 15.4 Å². The van der Waals surface area contributed by atoms with Gasteiger partial charge in [-0.1, -0.05) is 0 Å². The molecule has 0 aliphatic carbocycles. The van der Waals surface area contributed by atoms with E-state index < -0.39 is 29.6 Å². The van der Waals surface area contributed by atoms with E-state index in [0.29, 0.717) is 0 Å². The predicted octanol–water partition coefficient (Wildman–Crippen LogP) is 4.57. The Labute approximate surface area is 165 Å². The van der Waals surface area contributed by atoms with Gasteiger partial charge in [-0.25, -0.2) is 9.67 Å². The summed E-state index contributed by atoms with van der Waals surface area (Å²) >= 11 is 0. The van der Waals surface area contributed by atoms with E-state index >= 15 is 0 Å². The number of halogens is 6. The Balaban J connectivity index is 1.89. The first-order valence-electron chi connectivity index (χ1n) is 8.16. The van der Waals surface area contributed by atoms with Crippen LogP contribution in [0.25, 0.3) is 5.69 Å². The first-order chi connectivity index (χ1) is 14.0. The number of hydrogen-bond acceptors (Lipinski definition) is 4. The Hall–Kier alpha value is -3.57. The molecule has 0 unspecified atom stereocenters. The Bertz CT molecular complexity index is 1060. The zero-order valence-corrected chi connectivity index (χ0v) is 15.0. The summed E-state index contributed by atoms with van der Waals surface area (Å²) in [6, 6.07) is 7.54. The van der Waals surface area contributed by atoms with E-state index in [4.69, 9.17) is 4.74 Å². The van der Waals surface area contributed by atoms with Crippen LogP contribution in [-0.2, 0) is 12.4 Å². The Kier molecular flexibility index (Phi) is 5.42. The predicted molar refractivity (Wildman–Crippen MR) is 92.3 cm³/mol. The van der Waals surface area contributed by atoms with Crippen LogP contribution in [0.2, 0.25) is 0 Å². The highest BCUT2D eigenvalue weighted by Gasteiger charge is 2.42. The van der Waals surface area contributed by atoms with Crippen LogP contribution in [-0.4, -0.2) is 27.8 Å². The van der Waals surface area contributed by atoms with Gasteiger partial charge in [-0.2, -0.15) is 31.4 Å². The SMILES string of the molecule is COc1ncccc1C(=O)Nc1ccc(-n2nc(C(F)(F)F)cc2C(F)(F)F)cc1. The Morgan fingerprint density at radius 1 is 1.03 bits per heavy atom. The number of methoxy groups -OCH3 is 1. The molecule has 0 saturated carbocycles. The van der Waals surface area contributed by atoms with Crippen molar-refractivity contribution in [3.05, 3.63) is 65.6 Å². The van der Waals surface area contributed by atoms with Gasteiger partial charge in [0.25, 0.3) is 5.91 Å². The van der Waals surface area contributed by atoms with Crippen LogP contribution in [0.1, 0.15) is 21.7 Å². The molecule has 3 rings (SSSR count). The van der Waals surface area contributed by atoms with Crippen molar-refractivity contribution < 1.29 is 35.9 Å². The summed E-state index contributed by atoms with van der Waals surface area (Å²) in [5.41, 5.74) is -3.21. The average Bonchev–Trinajstić information content (AvgIpc) is 3.15. The first kappa shape index (κ1) is 21.1. The molecule has 2 heterocycles. The van der Waals surface area contributed by atoms with Crippen molar-refractivity contribution in [2.45, 2.75) is 12.4 Å². The molecule has 30 heavy (non-hydrogen) atoms. The van der Waals surface area contributed by atoms with Crippen LogP contribution in [0.15, 0.2) is 48.7 Å². The lowest BCUT2D eigenvalue weighted by atomic mass is 10.2. The van der Waals surface area contributed by atoms with Gasteiger partial charge >= 0.3 is 12.4 Å². The number of pyridine rings is 1. The number of anilines is 1. The highest BCUT2D eigenvalue weighted by atomic mass is 19.4. The number of hydrogen-bond donors (Lipinski definition) is 1. The van der Waals surface area contributed by atoms with Crippen LogP contribution >= 0.6 is 0 Å². The Morgan fingerprint density at radius 2 is 1.70 bits per heavy atom. The number of rotatable bonds is 4. The highest BCUT2D eigenvalue weighted by Crippen LogP contribution is 2.36. The van der Waals surface area contributed by atoms with Crippen LogP contribution in [0.4, 0.5) is 32.0 Å². The van der Waals surface area contributed by atoms with Crippen molar-refractivity contribution in [3.8, 4) is 11.6 Å². The third kappa shape index (κ3) is 4.36. The van der Waals surface area contributed by atoms with E-state index in [1.54, 1.807) is 0 Å². The van der Waals surface area contributed by atoms with Gasteiger partial charge in [-0.3, -0.25) is 4.79 Å². The minimum atomic E-state index is -5.06. The maximum absolute atomic E-state index is 13.1. The molecule has 0 spiro atoms. The van der Waals surface area contributed by atoms with Gasteiger partial charge in [-0.15, -0.1) is 0 Å². The van der Waals surface area contributed by atoms with Crippen molar-refractivity contribution in [2.24, 2.45) is 0 Å². The highest BCUT2D eigenvalue weighted by molar-refractivity contribution is 6.05. The summed E-state index contributed by atoms with van der Waals surface area (Å²) in [4.78, 5) is 16.2. The molecule has 0 saturated heterocycles. The van der Waals surface area contributed by atoms with E-state index in [9.17, 15) is 31.1 Å². The average molecular weight is 430 g/mol. The van der Waals surface area contributed by atoms with E-state index in [1.165, 1.54) is 37.6 Å². The van der Waals surface area contributed by atoms with Gasteiger partial charge in [0.2, 0.25) is 5.88 Å². The van der Waals surface area contributed by atoms with Crippen LogP contribution in [0, 0.1) is 0 Å². The zero-order valence-electron chi connectivity index (χ0n) is 15.0. The summed E-state index contributed by atoms with van der Waals surface area (Å²) in [5.74, 6) is -0.528. The van der Waals surface area contributed by atoms with E-state index in [-0.39, 0.29) is 33.6 Å². The third-order valence-electron chi connectivity index (χ3n) is 3.87. The number of ether oxygens (including phenoxy) is 1. The lowest BCUT2D eigenvalue weighted by Crippen LogP contribution is -2.15. The van der Waals surface area contributed by atoms with Gasteiger partial charge in [0, 0.05) is 18.0 Å². The molecule has 0 bridgehead atoms. The fourth-order valence-electron chi connectivity index (χ4n) is 2.53. The van der Waals surface area contributed by atoms with Crippen molar-refractivity contribution in [1.82, 2.24) is 14.8 Å². The summed E-state index contributed by atoms with van der Waals surface area (Å²) < 4.78 is 83.0. The molecule has 0 aliphatic heterocycles. The van der Waals surface area contributed by atoms with Crippen molar-refractivity contribution >= 4 is 11.6 Å². The van der Waals surface area contributed by atoms with Crippen LogP contribution < -0.4 is 10.1 Å². The van der Waals surface area contributed by atoms with E-state index in [1.807, 2.05) is 0 Å². The second-order valence-corrected chi connectivity index (χ2v) is 5.88. The molecule has 0 atom stereocenters. The number of benzene rings is 1. The molecule has 3 aromatic rings. The minimum Gasteiger partial charge on any atom is -0.480 e. The van der Waals surface area contributed by atoms with Crippen molar-refractivity contribution in [1.29, 1.82) is 0 Å². The quantitative estimate of drug-likeness (QED) is 0.616. The number of aromatic nitrogens is 3. The number of nitrogens with one attached hydrogen (secondary N) is 1. The molecule has 6 nitrogen and oxygen atoms in total. The van der Waals surface area contributed by atoms with Gasteiger partial charge in [0.05, 0.1) is 12.8 Å². The lowest BCUT2D eigenvalue weighted by molar-refractivity contribution is -0.143.